The monoisotopic (exact) mass is 284 g/mol. The molecule has 0 radical (unpaired) electrons. The van der Waals surface area contributed by atoms with E-state index in [0.29, 0.717) is 11.6 Å². The number of hydrogen-bond acceptors (Lipinski definition) is 3. The molecule has 2 rings (SSSR count). The van der Waals surface area contributed by atoms with Crippen molar-refractivity contribution >= 4 is 23.4 Å². The van der Waals surface area contributed by atoms with Crippen molar-refractivity contribution in [2.75, 3.05) is 6.54 Å². The van der Waals surface area contributed by atoms with Crippen LogP contribution in [0.5, 0.6) is 0 Å². The average Bonchev–Trinajstić information content (AvgIpc) is 2.58. The number of imide groups is 1. The zero-order valence-electron chi connectivity index (χ0n) is 11.2. The largest absolute Gasteiger partial charge is 0.300 e. The van der Waals surface area contributed by atoms with Gasteiger partial charge in [0.15, 0.2) is 0 Å². The molecule has 1 aliphatic carbocycles. The van der Waals surface area contributed by atoms with Crippen LogP contribution in [0.15, 0.2) is 11.6 Å². The maximum absolute atomic E-state index is 12.3. The summed E-state index contributed by atoms with van der Waals surface area (Å²) < 4.78 is 0. The van der Waals surface area contributed by atoms with Crippen molar-refractivity contribution < 1.29 is 9.59 Å². The molecular formula is C14H21ClN2O2. The summed E-state index contributed by atoms with van der Waals surface area (Å²) in [4.78, 5) is 25.9. The summed E-state index contributed by atoms with van der Waals surface area (Å²) in [6, 6.07) is -0.320. The van der Waals surface area contributed by atoms with Gasteiger partial charge in [-0.25, -0.2) is 0 Å². The molecular weight excluding hydrogens is 264 g/mol. The maximum Gasteiger partial charge on any atom is 0.247 e. The van der Waals surface area contributed by atoms with Crippen molar-refractivity contribution in [3.05, 3.63) is 11.6 Å². The third-order valence-electron chi connectivity index (χ3n) is 3.91. The van der Waals surface area contributed by atoms with Crippen LogP contribution in [0.4, 0.5) is 0 Å². The topological polar surface area (TPSA) is 49.4 Å². The summed E-state index contributed by atoms with van der Waals surface area (Å²) in [6.07, 6.45) is 6.79. The molecule has 1 atom stereocenters. The highest BCUT2D eigenvalue weighted by Gasteiger charge is 2.41. The molecule has 0 spiro atoms. The highest BCUT2D eigenvalue weighted by atomic mass is 35.5. The van der Waals surface area contributed by atoms with Crippen molar-refractivity contribution in [2.45, 2.75) is 57.0 Å². The summed E-state index contributed by atoms with van der Waals surface area (Å²) >= 11 is 5.68. The van der Waals surface area contributed by atoms with E-state index in [-0.39, 0.29) is 24.3 Å². The predicted octanol–water partition coefficient (Wildman–Crippen LogP) is 2.18. The van der Waals surface area contributed by atoms with Crippen molar-refractivity contribution in [3.8, 4) is 0 Å². The average molecular weight is 285 g/mol. The van der Waals surface area contributed by atoms with Crippen LogP contribution in [-0.4, -0.2) is 35.3 Å². The number of likely N-dealkylation sites (tertiary alicyclic amines) is 1. The van der Waals surface area contributed by atoms with E-state index in [1.165, 1.54) is 17.7 Å². The summed E-state index contributed by atoms with van der Waals surface area (Å²) in [6.45, 7) is 3.94. The van der Waals surface area contributed by atoms with Gasteiger partial charge in [-0.2, -0.15) is 0 Å². The summed E-state index contributed by atoms with van der Waals surface area (Å²) in [5.41, 5.74) is 0. The summed E-state index contributed by atoms with van der Waals surface area (Å²) in [5.74, 6) is -0.135. The Morgan fingerprint density at radius 1 is 1.26 bits per heavy atom. The molecule has 2 fully saturated rings. The molecule has 1 aliphatic heterocycles. The number of carbonyl (C=O) groups is 2. The third kappa shape index (κ3) is 3.57. The Morgan fingerprint density at radius 3 is 2.47 bits per heavy atom. The van der Waals surface area contributed by atoms with Gasteiger partial charge in [-0.3, -0.25) is 14.5 Å². The van der Waals surface area contributed by atoms with Crippen molar-refractivity contribution in [1.29, 1.82) is 0 Å². The first kappa shape index (κ1) is 14.5. The number of carbonyl (C=O) groups excluding carboxylic acids is 2. The molecule has 106 valence electrons. The van der Waals surface area contributed by atoms with Gasteiger partial charge in [0, 0.05) is 17.6 Å². The molecule has 1 unspecified atom stereocenters. The van der Waals surface area contributed by atoms with E-state index in [9.17, 15) is 9.59 Å². The lowest BCUT2D eigenvalue weighted by Crippen LogP contribution is -2.44. The highest BCUT2D eigenvalue weighted by molar-refractivity contribution is 6.29. The third-order valence-corrected chi connectivity index (χ3v) is 4.05. The van der Waals surface area contributed by atoms with Crippen LogP contribution >= 0.6 is 11.6 Å². The summed E-state index contributed by atoms with van der Waals surface area (Å²) in [7, 11) is 0. The second-order valence-corrected chi connectivity index (χ2v) is 5.94. The van der Waals surface area contributed by atoms with Gasteiger partial charge in [-0.15, -0.1) is 0 Å². The van der Waals surface area contributed by atoms with Gasteiger partial charge >= 0.3 is 0 Å². The normalized spacial score (nSPS) is 25.7. The molecule has 4 nitrogen and oxygen atoms in total. The van der Waals surface area contributed by atoms with Crippen molar-refractivity contribution in [1.82, 2.24) is 10.2 Å². The van der Waals surface area contributed by atoms with Gasteiger partial charge < -0.3 is 5.32 Å². The minimum atomic E-state index is -0.425. The second-order valence-electron chi connectivity index (χ2n) is 5.40. The van der Waals surface area contributed by atoms with Crippen LogP contribution < -0.4 is 5.32 Å². The summed E-state index contributed by atoms with van der Waals surface area (Å²) in [5, 5.41) is 3.45. The van der Waals surface area contributed by atoms with E-state index >= 15 is 0 Å². The standard InChI is InChI=1S/C14H21ClN2O2/c1-10(15)9-16-12-8-13(18)17(14(12)19)11-6-4-2-3-5-7-11/h11-12,16H,1-9H2. The molecule has 1 N–H and O–H groups in total. The zero-order chi connectivity index (χ0) is 13.8. The second kappa shape index (κ2) is 6.53. The Bertz CT molecular complexity index is 376. The number of hydrogen-bond donors (Lipinski definition) is 1. The van der Waals surface area contributed by atoms with Crippen molar-refractivity contribution in [3.63, 3.8) is 0 Å². The van der Waals surface area contributed by atoms with Gasteiger partial charge in [-0.1, -0.05) is 43.9 Å². The lowest BCUT2D eigenvalue weighted by atomic mass is 10.1. The number of rotatable bonds is 4. The fourth-order valence-electron chi connectivity index (χ4n) is 2.94. The van der Waals surface area contributed by atoms with Crippen LogP contribution in [0.25, 0.3) is 0 Å². The van der Waals surface area contributed by atoms with Gasteiger partial charge in [0.25, 0.3) is 0 Å². The number of nitrogens with one attached hydrogen (secondary N) is 1. The Labute approximate surface area is 119 Å². The minimum absolute atomic E-state index is 0.0467. The van der Waals surface area contributed by atoms with Gasteiger partial charge in [-0.05, 0) is 12.8 Å². The molecule has 2 aliphatic rings. The number of amides is 2. The van der Waals surface area contributed by atoms with Crippen molar-refractivity contribution in [2.24, 2.45) is 0 Å². The lowest BCUT2D eigenvalue weighted by molar-refractivity contribution is -0.141. The van der Waals surface area contributed by atoms with Crippen LogP contribution in [0, 0.1) is 0 Å². The van der Waals surface area contributed by atoms with E-state index in [1.807, 2.05) is 0 Å². The van der Waals surface area contributed by atoms with Crippen LogP contribution in [-0.2, 0) is 9.59 Å². The predicted molar refractivity (Wildman–Crippen MR) is 74.7 cm³/mol. The Balaban J connectivity index is 1.98. The molecule has 1 saturated heterocycles. The lowest BCUT2D eigenvalue weighted by Gasteiger charge is -2.25. The number of halogens is 1. The van der Waals surface area contributed by atoms with Crippen LogP contribution in [0.3, 0.4) is 0 Å². The fraction of sp³-hybridized carbons (Fsp3) is 0.714. The minimum Gasteiger partial charge on any atom is -0.300 e. The van der Waals surface area contributed by atoms with Gasteiger partial charge in [0.1, 0.15) is 0 Å². The molecule has 0 aromatic heterocycles. The first-order valence-electron chi connectivity index (χ1n) is 7.02. The molecule has 19 heavy (non-hydrogen) atoms. The fourth-order valence-corrected chi connectivity index (χ4v) is 3.02. The molecule has 0 aromatic rings. The smallest absolute Gasteiger partial charge is 0.247 e. The number of nitrogens with zero attached hydrogens (tertiary/aromatic N) is 1. The first-order valence-corrected chi connectivity index (χ1v) is 7.40. The molecule has 1 heterocycles. The molecule has 5 heteroatoms. The quantitative estimate of drug-likeness (QED) is 0.636. The van der Waals surface area contributed by atoms with Crippen LogP contribution in [0.1, 0.15) is 44.9 Å². The maximum atomic E-state index is 12.3. The first-order chi connectivity index (χ1) is 9.09. The van der Waals surface area contributed by atoms with E-state index in [4.69, 9.17) is 11.6 Å². The molecule has 1 saturated carbocycles. The molecule has 0 bridgehead atoms. The highest BCUT2D eigenvalue weighted by Crippen LogP contribution is 2.26. The zero-order valence-corrected chi connectivity index (χ0v) is 11.9. The van der Waals surface area contributed by atoms with E-state index in [1.54, 1.807) is 0 Å². The molecule has 0 aromatic carbocycles. The van der Waals surface area contributed by atoms with Crippen LogP contribution in [0.2, 0.25) is 0 Å². The Kier molecular flexibility index (Phi) is 4.99. The van der Waals surface area contributed by atoms with E-state index in [2.05, 4.69) is 11.9 Å². The van der Waals surface area contributed by atoms with E-state index < -0.39 is 6.04 Å². The Morgan fingerprint density at radius 2 is 1.89 bits per heavy atom. The molecule has 2 amide bonds. The van der Waals surface area contributed by atoms with Gasteiger partial charge in [0.05, 0.1) is 12.5 Å². The van der Waals surface area contributed by atoms with Gasteiger partial charge in [0.2, 0.25) is 11.8 Å². The Hall–Kier alpha value is -0.870. The van der Waals surface area contributed by atoms with E-state index in [0.717, 1.165) is 25.7 Å². The SMILES string of the molecule is C=C(Cl)CNC1CC(=O)N(C2CCCCCC2)C1=O.